The van der Waals surface area contributed by atoms with Crippen molar-refractivity contribution in [3.63, 3.8) is 0 Å². The molecule has 6 nitrogen and oxygen atoms in total. The van der Waals surface area contributed by atoms with Crippen LogP contribution in [0.5, 0.6) is 0 Å². The van der Waals surface area contributed by atoms with Crippen LogP contribution < -0.4 is 10.6 Å². The van der Waals surface area contributed by atoms with Gasteiger partial charge >= 0.3 is 5.97 Å². The zero-order valence-electron chi connectivity index (χ0n) is 15.0. The lowest BCUT2D eigenvalue weighted by molar-refractivity contribution is -0.135. The van der Waals surface area contributed by atoms with Crippen molar-refractivity contribution >= 4 is 35.1 Å². The summed E-state index contributed by atoms with van der Waals surface area (Å²) >= 11 is 6.04. The van der Waals surface area contributed by atoms with E-state index in [9.17, 15) is 14.4 Å². The molecule has 2 rings (SSSR count). The van der Waals surface area contributed by atoms with Crippen molar-refractivity contribution in [1.29, 1.82) is 0 Å². The van der Waals surface area contributed by atoms with Crippen molar-refractivity contribution in [2.75, 3.05) is 11.9 Å². The molecule has 2 aromatic carbocycles. The topological polar surface area (TPSA) is 95.5 Å². The molecule has 1 unspecified atom stereocenters. The first-order chi connectivity index (χ1) is 12.8. The Balaban J connectivity index is 2.09. The maximum Gasteiger partial charge on any atom is 0.322 e. The van der Waals surface area contributed by atoms with E-state index in [0.29, 0.717) is 16.3 Å². The molecule has 0 saturated heterocycles. The minimum absolute atomic E-state index is 0.0598. The molecule has 0 spiro atoms. The van der Waals surface area contributed by atoms with Gasteiger partial charge in [-0.3, -0.25) is 14.4 Å². The highest BCUT2D eigenvalue weighted by atomic mass is 35.5. The van der Waals surface area contributed by atoms with Crippen molar-refractivity contribution in [3.8, 4) is 0 Å². The number of carbonyl (C=O) groups excluding carboxylic acids is 2. The number of rotatable bonds is 7. The Labute approximate surface area is 162 Å². The summed E-state index contributed by atoms with van der Waals surface area (Å²) < 4.78 is 0. The largest absolute Gasteiger partial charge is 0.480 e. The number of benzene rings is 2. The summed E-state index contributed by atoms with van der Waals surface area (Å²) in [6.45, 7) is 3.47. The van der Waals surface area contributed by atoms with Crippen LogP contribution in [0, 0.1) is 5.92 Å². The summed E-state index contributed by atoms with van der Waals surface area (Å²) in [5.74, 6) is -2.09. The Bertz CT molecular complexity index is 834. The highest BCUT2D eigenvalue weighted by Crippen LogP contribution is 2.28. The molecule has 2 amide bonds. The molecule has 3 N–H and O–H groups in total. The highest BCUT2D eigenvalue weighted by Gasteiger charge is 2.24. The van der Waals surface area contributed by atoms with Crippen molar-refractivity contribution < 1.29 is 19.5 Å². The summed E-state index contributed by atoms with van der Waals surface area (Å²) in [5, 5.41) is 14.3. The van der Waals surface area contributed by atoms with Crippen LogP contribution in [0.2, 0.25) is 5.02 Å². The molecule has 0 aliphatic carbocycles. The van der Waals surface area contributed by atoms with Crippen LogP contribution in [0.4, 0.5) is 5.69 Å². The van der Waals surface area contributed by atoms with Gasteiger partial charge in [0.2, 0.25) is 5.91 Å². The summed E-state index contributed by atoms with van der Waals surface area (Å²) in [6.07, 6.45) is 0. The molecule has 0 bridgehead atoms. The molecule has 0 saturated carbocycles. The summed E-state index contributed by atoms with van der Waals surface area (Å²) in [5.41, 5.74) is 1.69. The molecule has 2 aromatic rings. The number of nitrogens with one attached hydrogen (secondary N) is 2. The van der Waals surface area contributed by atoms with E-state index in [1.165, 1.54) is 12.1 Å². The normalized spacial score (nSPS) is 11.7. The van der Waals surface area contributed by atoms with Crippen LogP contribution in [0.3, 0.4) is 0 Å². The maximum absolute atomic E-state index is 12.8. The molecule has 0 fully saturated rings. The van der Waals surface area contributed by atoms with Gasteiger partial charge in [0.25, 0.3) is 5.91 Å². The third-order valence-corrected chi connectivity index (χ3v) is 4.21. The monoisotopic (exact) mass is 388 g/mol. The molecule has 142 valence electrons. The lowest BCUT2D eigenvalue weighted by atomic mass is 9.87. The fraction of sp³-hybridized carbons (Fsp3) is 0.250. The summed E-state index contributed by atoms with van der Waals surface area (Å²) in [4.78, 5) is 35.1. The van der Waals surface area contributed by atoms with E-state index in [4.69, 9.17) is 16.7 Å². The van der Waals surface area contributed by atoms with Gasteiger partial charge in [0.05, 0.1) is 5.92 Å². The number of amides is 2. The van der Waals surface area contributed by atoms with E-state index < -0.39 is 18.4 Å². The van der Waals surface area contributed by atoms with Crippen molar-refractivity contribution in [2.45, 2.75) is 19.8 Å². The van der Waals surface area contributed by atoms with Crippen molar-refractivity contribution in [1.82, 2.24) is 5.32 Å². The van der Waals surface area contributed by atoms with E-state index in [-0.39, 0.29) is 17.7 Å². The number of halogens is 1. The molecule has 0 heterocycles. The molecule has 0 radical (unpaired) electrons. The number of carbonyl (C=O) groups is 3. The van der Waals surface area contributed by atoms with Gasteiger partial charge in [0.1, 0.15) is 6.54 Å². The zero-order chi connectivity index (χ0) is 20.0. The lowest BCUT2D eigenvalue weighted by Gasteiger charge is -2.21. The number of carboxylic acid groups (broad SMARTS) is 1. The first kappa shape index (κ1) is 20.5. The predicted molar refractivity (Wildman–Crippen MR) is 104 cm³/mol. The highest BCUT2D eigenvalue weighted by molar-refractivity contribution is 6.30. The summed E-state index contributed by atoms with van der Waals surface area (Å²) in [6, 6.07) is 13.5. The quantitative estimate of drug-likeness (QED) is 0.676. The van der Waals surface area contributed by atoms with Gasteiger partial charge in [0, 0.05) is 16.3 Å². The van der Waals surface area contributed by atoms with Gasteiger partial charge in [0.15, 0.2) is 0 Å². The number of carboxylic acids is 1. The van der Waals surface area contributed by atoms with Crippen molar-refractivity contribution in [3.05, 3.63) is 64.7 Å². The molecule has 0 aromatic heterocycles. The van der Waals surface area contributed by atoms with Crippen LogP contribution in [0.15, 0.2) is 48.5 Å². The van der Waals surface area contributed by atoms with Gasteiger partial charge in [-0.2, -0.15) is 0 Å². The molecular weight excluding hydrogens is 368 g/mol. The van der Waals surface area contributed by atoms with Crippen LogP contribution in [0.1, 0.15) is 35.7 Å². The number of hydrogen-bond donors (Lipinski definition) is 3. The van der Waals surface area contributed by atoms with Gasteiger partial charge in [-0.1, -0.05) is 37.6 Å². The maximum atomic E-state index is 12.8. The number of anilines is 1. The SMILES string of the molecule is CC(C)C(C(=O)Nc1ccc(C(=O)NCC(=O)O)cc1)c1cccc(Cl)c1. The second kappa shape index (κ2) is 9.19. The fourth-order valence-electron chi connectivity index (χ4n) is 2.72. The molecule has 27 heavy (non-hydrogen) atoms. The molecule has 0 aliphatic heterocycles. The summed E-state index contributed by atoms with van der Waals surface area (Å²) in [7, 11) is 0. The van der Waals surface area contributed by atoms with E-state index in [1.807, 2.05) is 26.0 Å². The van der Waals surface area contributed by atoms with Crippen LogP contribution in [0.25, 0.3) is 0 Å². The van der Waals surface area contributed by atoms with Crippen molar-refractivity contribution in [2.24, 2.45) is 5.92 Å². The average Bonchev–Trinajstić information content (AvgIpc) is 2.60. The van der Waals surface area contributed by atoms with Crippen LogP contribution >= 0.6 is 11.6 Å². The Kier molecular flexibility index (Phi) is 6.96. The lowest BCUT2D eigenvalue weighted by Crippen LogP contribution is -2.29. The Morgan fingerprint density at radius 1 is 1.07 bits per heavy atom. The smallest absolute Gasteiger partial charge is 0.322 e. The number of hydrogen-bond acceptors (Lipinski definition) is 3. The standard InChI is InChI=1S/C20H21ClN2O4/c1-12(2)18(14-4-3-5-15(21)10-14)20(27)23-16-8-6-13(7-9-16)19(26)22-11-17(24)25/h3-10,12,18H,11H2,1-2H3,(H,22,26)(H,23,27)(H,24,25). The van der Waals surface area contributed by atoms with E-state index >= 15 is 0 Å². The van der Waals surface area contributed by atoms with Gasteiger partial charge < -0.3 is 15.7 Å². The first-order valence-electron chi connectivity index (χ1n) is 8.44. The Morgan fingerprint density at radius 3 is 2.30 bits per heavy atom. The number of aliphatic carboxylic acids is 1. The minimum atomic E-state index is -1.12. The molecular formula is C20H21ClN2O4. The predicted octanol–water partition coefficient (Wildman–Crippen LogP) is 3.53. The van der Waals surface area contributed by atoms with Gasteiger partial charge in [-0.25, -0.2) is 0 Å². The van der Waals surface area contributed by atoms with E-state index in [1.54, 1.807) is 24.3 Å². The second-order valence-corrected chi connectivity index (χ2v) is 6.86. The zero-order valence-corrected chi connectivity index (χ0v) is 15.8. The minimum Gasteiger partial charge on any atom is -0.480 e. The molecule has 0 aliphatic rings. The average molecular weight is 389 g/mol. The Morgan fingerprint density at radius 2 is 1.74 bits per heavy atom. The Hall–Kier alpha value is -2.86. The molecule has 1 atom stereocenters. The van der Waals surface area contributed by atoms with E-state index in [0.717, 1.165) is 5.56 Å². The molecule has 7 heteroatoms. The van der Waals surface area contributed by atoms with Crippen LogP contribution in [-0.2, 0) is 9.59 Å². The first-order valence-corrected chi connectivity index (χ1v) is 8.82. The third-order valence-electron chi connectivity index (χ3n) is 3.97. The van der Waals surface area contributed by atoms with Crippen LogP contribution in [-0.4, -0.2) is 29.4 Å². The second-order valence-electron chi connectivity index (χ2n) is 6.42. The van der Waals surface area contributed by atoms with Gasteiger partial charge in [-0.15, -0.1) is 0 Å². The van der Waals surface area contributed by atoms with E-state index in [2.05, 4.69) is 10.6 Å². The third kappa shape index (κ3) is 5.82. The van der Waals surface area contributed by atoms with Gasteiger partial charge in [-0.05, 0) is 47.9 Å². The fourth-order valence-corrected chi connectivity index (χ4v) is 2.92.